The molecule has 0 aliphatic heterocycles. The molecule has 0 fully saturated rings. The number of thioether (sulfide) groups is 1. The highest BCUT2D eigenvalue weighted by atomic mass is 32.2. The van der Waals surface area contributed by atoms with Crippen LogP contribution in [0.3, 0.4) is 0 Å². The second-order valence-electron chi connectivity index (χ2n) is 6.54. The van der Waals surface area contributed by atoms with Crippen LogP contribution in [0.5, 0.6) is 5.75 Å². The summed E-state index contributed by atoms with van der Waals surface area (Å²) in [5.41, 5.74) is 2.97. The number of nitriles is 1. The summed E-state index contributed by atoms with van der Waals surface area (Å²) in [5.74, 6) is 1.83. The van der Waals surface area contributed by atoms with Crippen molar-refractivity contribution in [3.63, 3.8) is 0 Å². The first kappa shape index (κ1) is 18.8. The first-order chi connectivity index (χ1) is 13.6. The number of aryl methyl sites for hydroxylation is 3. The third-order valence-corrected chi connectivity index (χ3v) is 6.87. The zero-order chi connectivity index (χ0) is 19.5. The first-order valence-corrected chi connectivity index (χ1v) is 10.9. The van der Waals surface area contributed by atoms with E-state index < -0.39 is 0 Å². The van der Waals surface area contributed by atoms with E-state index in [1.807, 2.05) is 25.1 Å². The van der Waals surface area contributed by atoms with Gasteiger partial charge in [0.1, 0.15) is 17.1 Å². The molecule has 8 heteroatoms. The minimum atomic E-state index is -0.264. The van der Waals surface area contributed by atoms with Gasteiger partial charge in [0.25, 0.3) is 5.91 Å². The predicted molar refractivity (Wildman–Crippen MR) is 110 cm³/mol. The first-order valence-electron chi connectivity index (χ1n) is 9.08. The number of hydrogen-bond acceptors (Lipinski definition) is 7. The van der Waals surface area contributed by atoms with Crippen molar-refractivity contribution in [3.05, 3.63) is 35.2 Å². The number of ether oxygens (including phenoxy) is 1. The van der Waals surface area contributed by atoms with Crippen molar-refractivity contribution in [3.8, 4) is 11.8 Å². The second-order valence-corrected chi connectivity index (χ2v) is 8.79. The Morgan fingerprint density at radius 3 is 3.14 bits per heavy atom. The van der Waals surface area contributed by atoms with E-state index in [0.717, 1.165) is 39.5 Å². The maximum atomic E-state index is 12.2. The van der Waals surface area contributed by atoms with Gasteiger partial charge >= 0.3 is 0 Å². The van der Waals surface area contributed by atoms with Crippen molar-refractivity contribution in [1.82, 2.24) is 4.98 Å². The highest BCUT2D eigenvalue weighted by Gasteiger charge is 2.18. The van der Waals surface area contributed by atoms with Crippen LogP contribution in [0.25, 0.3) is 11.0 Å². The molecule has 28 heavy (non-hydrogen) atoms. The molecule has 1 N–H and O–H groups in total. The Balaban J connectivity index is 1.39. The van der Waals surface area contributed by atoms with Gasteiger partial charge in [-0.2, -0.15) is 5.26 Å². The largest absolute Gasteiger partial charge is 0.484 e. The number of thiazole rings is 1. The standard InChI is InChI=1S/C20H19N3O3S2/c1-12-19(27-9-8-21)28-20(22-12)23-18(24)11-25-13-6-7-17-15(10-13)14-4-2-3-5-16(14)26-17/h6-7,10H,2-5,9,11H2,1H3,(H,22,23,24). The normalized spacial score (nSPS) is 13.1. The number of amides is 1. The lowest BCUT2D eigenvalue weighted by molar-refractivity contribution is -0.118. The highest BCUT2D eigenvalue weighted by molar-refractivity contribution is 8.01. The zero-order valence-corrected chi connectivity index (χ0v) is 17.0. The van der Waals surface area contributed by atoms with Crippen LogP contribution in [0.15, 0.2) is 26.8 Å². The lowest BCUT2D eigenvalue weighted by Gasteiger charge is -2.09. The summed E-state index contributed by atoms with van der Waals surface area (Å²) in [7, 11) is 0. The maximum Gasteiger partial charge on any atom is 0.264 e. The molecule has 1 aliphatic rings. The summed E-state index contributed by atoms with van der Waals surface area (Å²) in [6.45, 7) is 1.77. The summed E-state index contributed by atoms with van der Waals surface area (Å²) in [6, 6.07) is 7.78. The molecule has 3 aromatic rings. The zero-order valence-electron chi connectivity index (χ0n) is 15.4. The van der Waals surface area contributed by atoms with Crippen molar-refractivity contribution in [2.75, 3.05) is 17.7 Å². The molecule has 1 amide bonds. The summed E-state index contributed by atoms with van der Waals surface area (Å²) in [4.78, 5) is 16.5. The topological polar surface area (TPSA) is 88.2 Å². The number of anilines is 1. The Morgan fingerprint density at radius 2 is 2.29 bits per heavy atom. The van der Waals surface area contributed by atoms with Crippen LogP contribution in [-0.4, -0.2) is 23.3 Å². The minimum absolute atomic E-state index is 0.0924. The number of fused-ring (bicyclic) bond motifs is 3. The van der Waals surface area contributed by atoms with Crippen molar-refractivity contribution in [2.45, 2.75) is 36.8 Å². The van der Waals surface area contributed by atoms with Crippen LogP contribution in [0, 0.1) is 18.3 Å². The number of nitrogens with zero attached hydrogens (tertiary/aromatic N) is 2. The van der Waals surface area contributed by atoms with E-state index in [1.165, 1.54) is 41.5 Å². The Labute approximate surface area is 170 Å². The van der Waals surface area contributed by atoms with Crippen molar-refractivity contribution in [1.29, 1.82) is 5.26 Å². The van der Waals surface area contributed by atoms with Crippen LogP contribution in [0.4, 0.5) is 5.13 Å². The van der Waals surface area contributed by atoms with E-state index >= 15 is 0 Å². The summed E-state index contributed by atoms with van der Waals surface area (Å²) >= 11 is 2.79. The van der Waals surface area contributed by atoms with Crippen LogP contribution in [-0.2, 0) is 17.6 Å². The van der Waals surface area contributed by atoms with Crippen molar-refractivity contribution in [2.24, 2.45) is 0 Å². The summed E-state index contributed by atoms with van der Waals surface area (Å²) < 4.78 is 12.6. The average molecular weight is 414 g/mol. The molecule has 2 heterocycles. The molecule has 4 rings (SSSR count). The molecule has 6 nitrogen and oxygen atoms in total. The Kier molecular flexibility index (Phi) is 5.55. The molecule has 144 valence electrons. The van der Waals surface area contributed by atoms with Gasteiger partial charge in [0.15, 0.2) is 11.7 Å². The Morgan fingerprint density at radius 1 is 1.43 bits per heavy atom. The van der Waals surface area contributed by atoms with Gasteiger partial charge < -0.3 is 9.15 Å². The third kappa shape index (κ3) is 4.01. The summed E-state index contributed by atoms with van der Waals surface area (Å²) in [6.07, 6.45) is 4.37. The number of nitrogens with one attached hydrogen (secondary N) is 1. The number of aromatic nitrogens is 1. The van der Waals surface area contributed by atoms with E-state index in [-0.39, 0.29) is 12.5 Å². The van der Waals surface area contributed by atoms with E-state index in [0.29, 0.717) is 16.6 Å². The van der Waals surface area contributed by atoms with E-state index in [9.17, 15) is 4.79 Å². The molecule has 0 spiro atoms. The van der Waals surface area contributed by atoms with Crippen molar-refractivity contribution < 1.29 is 13.9 Å². The maximum absolute atomic E-state index is 12.2. The van der Waals surface area contributed by atoms with Gasteiger partial charge in [-0.05, 0) is 44.4 Å². The SMILES string of the molecule is Cc1nc(NC(=O)COc2ccc3oc4c(c3c2)CCCC4)sc1SCC#N. The Hall–Kier alpha value is -2.50. The third-order valence-electron chi connectivity index (χ3n) is 4.56. The molecule has 0 atom stereocenters. The van der Waals surface area contributed by atoms with E-state index in [2.05, 4.69) is 16.4 Å². The molecular formula is C20H19N3O3S2. The number of carbonyl (C=O) groups excluding carboxylic acids is 1. The fourth-order valence-corrected chi connectivity index (χ4v) is 5.12. The van der Waals surface area contributed by atoms with Crippen LogP contribution >= 0.6 is 23.1 Å². The molecule has 0 unspecified atom stereocenters. The summed E-state index contributed by atoms with van der Waals surface area (Å²) in [5, 5.41) is 13.1. The van der Waals surface area contributed by atoms with Gasteiger partial charge in [-0.3, -0.25) is 10.1 Å². The number of rotatable bonds is 6. The van der Waals surface area contributed by atoms with Gasteiger partial charge in [0, 0.05) is 17.4 Å². The fraction of sp³-hybridized carbons (Fsp3) is 0.350. The van der Waals surface area contributed by atoms with Crippen LogP contribution < -0.4 is 10.1 Å². The molecule has 0 saturated heterocycles. The molecule has 0 bridgehead atoms. The Bertz CT molecular complexity index is 1060. The number of furan rings is 1. The number of benzene rings is 1. The van der Waals surface area contributed by atoms with Crippen LogP contribution in [0.2, 0.25) is 0 Å². The lowest BCUT2D eigenvalue weighted by atomic mass is 9.96. The van der Waals surface area contributed by atoms with Gasteiger partial charge in [-0.1, -0.05) is 23.1 Å². The average Bonchev–Trinajstić information content (AvgIpc) is 3.24. The smallest absolute Gasteiger partial charge is 0.264 e. The highest BCUT2D eigenvalue weighted by Crippen LogP contribution is 2.34. The molecule has 1 aliphatic carbocycles. The van der Waals surface area contributed by atoms with Gasteiger partial charge in [-0.15, -0.1) is 0 Å². The van der Waals surface area contributed by atoms with Crippen molar-refractivity contribution >= 4 is 45.1 Å². The molecule has 0 saturated carbocycles. The second kappa shape index (κ2) is 8.25. The monoisotopic (exact) mass is 413 g/mol. The quantitative estimate of drug-likeness (QED) is 0.589. The fourth-order valence-electron chi connectivity index (χ4n) is 3.30. The number of hydrogen-bond donors (Lipinski definition) is 1. The lowest BCUT2D eigenvalue weighted by Crippen LogP contribution is -2.20. The molecule has 0 radical (unpaired) electrons. The van der Waals surface area contributed by atoms with E-state index in [4.69, 9.17) is 14.4 Å². The van der Waals surface area contributed by atoms with Gasteiger partial charge in [0.05, 0.1) is 21.7 Å². The molecular weight excluding hydrogens is 394 g/mol. The van der Waals surface area contributed by atoms with Gasteiger partial charge in [0.2, 0.25) is 0 Å². The predicted octanol–water partition coefficient (Wildman–Crippen LogP) is 4.71. The van der Waals surface area contributed by atoms with Gasteiger partial charge in [-0.25, -0.2) is 4.98 Å². The number of carbonyl (C=O) groups is 1. The van der Waals surface area contributed by atoms with Crippen LogP contribution in [0.1, 0.15) is 29.9 Å². The molecule has 1 aromatic carbocycles. The molecule has 2 aromatic heterocycles. The minimum Gasteiger partial charge on any atom is -0.484 e. The van der Waals surface area contributed by atoms with E-state index in [1.54, 1.807) is 0 Å².